The number of amides is 4. The van der Waals surface area contributed by atoms with E-state index in [0.717, 1.165) is 10.5 Å². The third-order valence-corrected chi connectivity index (χ3v) is 6.72. The fourth-order valence-electron chi connectivity index (χ4n) is 3.60. The number of ether oxygens (including phenoxy) is 3. The average Bonchev–Trinajstić information content (AvgIpc) is 2.88. The Bertz CT molecular complexity index is 1490. The summed E-state index contributed by atoms with van der Waals surface area (Å²) in [5, 5.41) is 3.47. The second-order valence-electron chi connectivity index (χ2n) is 7.84. The number of carbonyl (C=O) groups is 3. The molecule has 1 heterocycles. The highest BCUT2D eigenvalue weighted by molar-refractivity contribution is 6.42. The van der Waals surface area contributed by atoms with Gasteiger partial charge in [-0.3, -0.25) is 14.9 Å². The van der Waals surface area contributed by atoms with Crippen molar-refractivity contribution in [3.05, 3.63) is 85.3 Å². The van der Waals surface area contributed by atoms with Gasteiger partial charge in [0.15, 0.2) is 0 Å². The lowest BCUT2D eigenvalue weighted by molar-refractivity contribution is -0.122. The number of rotatable bonds is 7. The van der Waals surface area contributed by atoms with Crippen LogP contribution in [0.1, 0.15) is 11.1 Å². The lowest BCUT2D eigenvalue weighted by atomic mass is 10.1. The second-order valence-corrected chi connectivity index (χ2v) is 9.49. The van der Waals surface area contributed by atoms with Crippen LogP contribution in [0.4, 0.5) is 10.5 Å². The molecule has 0 spiro atoms. The number of halogens is 4. The van der Waals surface area contributed by atoms with E-state index in [1.807, 2.05) is 0 Å². The smallest absolute Gasteiger partial charge is 0.336 e. The predicted octanol–water partition coefficient (Wildman–Crippen LogP) is 6.56. The van der Waals surface area contributed by atoms with Crippen molar-refractivity contribution in [3.8, 4) is 17.2 Å². The van der Waals surface area contributed by atoms with Gasteiger partial charge in [0.25, 0.3) is 11.8 Å². The number of nitrogens with one attached hydrogen (secondary N) is 1. The maximum atomic E-state index is 13.5. The summed E-state index contributed by atoms with van der Waals surface area (Å²) in [7, 11) is 2.72. The van der Waals surface area contributed by atoms with Gasteiger partial charge in [0, 0.05) is 22.7 Å². The number of imide groups is 2. The number of hydrogen-bond acceptors (Lipinski definition) is 6. The topological polar surface area (TPSA) is 94.2 Å². The molecule has 0 bridgehead atoms. The summed E-state index contributed by atoms with van der Waals surface area (Å²) in [4.78, 5) is 39.7. The van der Waals surface area contributed by atoms with Crippen molar-refractivity contribution in [2.24, 2.45) is 0 Å². The Hall–Kier alpha value is -3.43. The highest BCUT2D eigenvalue weighted by atomic mass is 35.5. The number of methoxy groups -OCH3 is 2. The first-order valence-corrected chi connectivity index (χ1v) is 12.3. The standard InChI is InChI=1S/C26H18Cl4N2O6/c1-36-22-11-20(23(37-2)10-19(22)30)32-25(34)16(24(33)31-26(32)35)9-14-8-15(27)4-6-21(14)38-12-13-3-5-17(28)18(29)7-13/h3-11H,12H2,1-2H3,(H,31,33,35)/b16-9+. The summed E-state index contributed by atoms with van der Waals surface area (Å²) in [5.41, 5.74) is 0.741. The van der Waals surface area contributed by atoms with Crippen LogP contribution in [-0.4, -0.2) is 32.1 Å². The van der Waals surface area contributed by atoms with Crippen LogP contribution in [0.5, 0.6) is 17.2 Å². The molecule has 0 aromatic heterocycles. The Morgan fingerprint density at radius 2 is 1.55 bits per heavy atom. The zero-order valence-corrected chi connectivity index (χ0v) is 22.8. The van der Waals surface area contributed by atoms with Gasteiger partial charge in [-0.15, -0.1) is 0 Å². The van der Waals surface area contributed by atoms with E-state index in [0.29, 0.717) is 26.4 Å². The molecule has 1 N–H and O–H groups in total. The van der Waals surface area contributed by atoms with Crippen LogP contribution >= 0.6 is 46.4 Å². The number of carbonyl (C=O) groups excluding carboxylic acids is 3. The Balaban J connectivity index is 1.72. The Kier molecular flexibility index (Phi) is 8.38. The SMILES string of the molecule is COc1cc(N2C(=O)NC(=O)/C(=C\c3cc(Cl)ccc3OCc3ccc(Cl)c(Cl)c3)C2=O)c(OC)cc1Cl. The quantitative estimate of drug-likeness (QED) is 0.245. The highest BCUT2D eigenvalue weighted by Crippen LogP contribution is 2.39. The first-order valence-electron chi connectivity index (χ1n) is 10.8. The molecule has 1 fully saturated rings. The van der Waals surface area contributed by atoms with Crippen LogP contribution in [0.25, 0.3) is 6.08 Å². The van der Waals surface area contributed by atoms with Crippen molar-refractivity contribution in [1.82, 2.24) is 5.32 Å². The van der Waals surface area contributed by atoms with Crippen LogP contribution in [0.15, 0.2) is 54.1 Å². The van der Waals surface area contributed by atoms with E-state index >= 15 is 0 Å². The van der Waals surface area contributed by atoms with Crippen LogP contribution in [0.3, 0.4) is 0 Å². The normalized spacial score (nSPS) is 14.5. The number of anilines is 1. The maximum absolute atomic E-state index is 13.5. The molecule has 0 radical (unpaired) electrons. The van der Waals surface area contributed by atoms with E-state index in [9.17, 15) is 14.4 Å². The molecule has 3 aromatic rings. The van der Waals surface area contributed by atoms with Crippen LogP contribution in [0, 0.1) is 0 Å². The molecule has 1 saturated heterocycles. The van der Waals surface area contributed by atoms with E-state index in [-0.39, 0.29) is 34.4 Å². The highest BCUT2D eigenvalue weighted by Gasteiger charge is 2.39. The molecule has 38 heavy (non-hydrogen) atoms. The summed E-state index contributed by atoms with van der Waals surface area (Å²) >= 11 is 24.4. The zero-order valence-electron chi connectivity index (χ0n) is 19.8. The van der Waals surface area contributed by atoms with E-state index in [1.54, 1.807) is 30.3 Å². The summed E-state index contributed by atoms with van der Waals surface area (Å²) in [6, 6.07) is 11.5. The van der Waals surface area contributed by atoms with Crippen molar-refractivity contribution in [3.63, 3.8) is 0 Å². The molecule has 1 aliphatic heterocycles. The average molecular weight is 596 g/mol. The van der Waals surface area contributed by atoms with Gasteiger partial charge < -0.3 is 14.2 Å². The third-order valence-electron chi connectivity index (χ3n) is 5.45. The molecule has 0 aliphatic carbocycles. The lowest BCUT2D eigenvalue weighted by Gasteiger charge is -2.28. The minimum Gasteiger partial charge on any atom is -0.495 e. The molecule has 196 valence electrons. The largest absolute Gasteiger partial charge is 0.495 e. The molecule has 12 heteroatoms. The fourth-order valence-corrected chi connectivity index (χ4v) is 4.34. The molecule has 3 aromatic carbocycles. The summed E-state index contributed by atoms with van der Waals surface area (Å²) < 4.78 is 16.4. The van der Waals surface area contributed by atoms with Crippen molar-refractivity contribution in [2.75, 3.05) is 19.1 Å². The monoisotopic (exact) mass is 594 g/mol. The van der Waals surface area contributed by atoms with Gasteiger partial charge in [0.2, 0.25) is 0 Å². The lowest BCUT2D eigenvalue weighted by Crippen LogP contribution is -2.54. The molecule has 0 saturated carbocycles. The van der Waals surface area contributed by atoms with E-state index in [4.69, 9.17) is 60.6 Å². The van der Waals surface area contributed by atoms with E-state index < -0.39 is 17.8 Å². The first kappa shape index (κ1) is 27.6. The van der Waals surface area contributed by atoms with E-state index in [2.05, 4.69) is 5.32 Å². The molecule has 0 unspecified atom stereocenters. The van der Waals surface area contributed by atoms with Crippen molar-refractivity contribution < 1.29 is 28.6 Å². The fraction of sp³-hybridized carbons (Fsp3) is 0.115. The van der Waals surface area contributed by atoms with Crippen molar-refractivity contribution >= 4 is 76.0 Å². The number of nitrogens with zero attached hydrogens (tertiary/aromatic N) is 1. The molecule has 1 aliphatic rings. The van der Waals surface area contributed by atoms with Crippen LogP contribution in [-0.2, 0) is 16.2 Å². The number of urea groups is 1. The molecule has 0 atom stereocenters. The molecule has 8 nitrogen and oxygen atoms in total. The second kappa shape index (κ2) is 11.5. The summed E-state index contributed by atoms with van der Waals surface area (Å²) in [6.45, 7) is 0.112. The van der Waals surface area contributed by atoms with Gasteiger partial charge in [0.1, 0.15) is 29.4 Å². The van der Waals surface area contributed by atoms with Gasteiger partial charge in [-0.2, -0.15) is 0 Å². The minimum absolute atomic E-state index is 0.0248. The van der Waals surface area contributed by atoms with Crippen LogP contribution in [0.2, 0.25) is 20.1 Å². The van der Waals surface area contributed by atoms with Gasteiger partial charge >= 0.3 is 6.03 Å². The van der Waals surface area contributed by atoms with Crippen molar-refractivity contribution in [2.45, 2.75) is 6.61 Å². The van der Waals surface area contributed by atoms with E-state index in [1.165, 1.54) is 38.5 Å². The number of barbiturate groups is 1. The molecular formula is C26H18Cl4N2O6. The first-order chi connectivity index (χ1) is 18.1. The van der Waals surface area contributed by atoms with Gasteiger partial charge in [-0.05, 0) is 42.0 Å². The summed E-state index contributed by atoms with van der Waals surface area (Å²) in [5.74, 6) is -1.18. The number of hydrogen-bond donors (Lipinski definition) is 1. The van der Waals surface area contributed by atoms with Crippen LogP contribution < -0.4 is 24.4 Å². The Morgan fingerprint density at radius 3 is 2.24 bits per heavy atom. The van der Waals surface area contributed by atoms with Gasteiger partial charge in [-0.1, -0.05) is 52.5 Å². The zero-order chi connectivity index (χ0) is 27.6. The Morgan fingerprint density at radius 1 is 0.816 bits per heavy atom. The van der Waals surface area contributed by atoms with Gasteiger partial charge in [0.05, 0.1) is 35.0 Å². The number of benzene rings is 3. The minimum atomic E-state index is -0.970. The van der Waals surface area contributed by atoms with Crippen molar-refractivity contribution in [1.29, 1.82) is 0 Å². The molecule has 4 rings (SSSR count). The molecule has 4 amide bonds. The predicted molar refractivity (Wildman–Crippen MR) is 146 cm³/mol. The summed E-state index contributed by atoms with van der Waals surface area (Å²) in [6.07, 6.45) is 1.28. The third kappa shape index (κ3) is 5.68. The maximum Gasteiger partial charge on any atom is 0.336 e. The Labute approximate surface area is 237 Å². The van der Waals surface area contributed by atoms with Gasteiger partial charge in [-0.25, -0.2) is 9.69 Å². The molecular weight excluding hydrogens is 578 g/mol.